The van der Waals surface area contributed by atoms with Gasteiger partial charge >= 0.3 is 0 Å². The molecule has 4 rings (SSSR count). The van der Waals surface area contributed by atoms with E-state index in [-0.39, 0.29) is 17.6 Å². The molecule has 1 aliphatic rings. The monoisotopic (exact) mass is 431 g/mol. The molecule has 1 aliphatic heterocycles. The van der Waals surface area contributed by atoms with Crippen LogP contribution in [-0.2, 0) is 4.79 Å². The number of benzene rings is 2. The number of ether oxygens (including phenoxy) is 1. The Morgan fingerprint density at radius 3 is 2.81 bits per heavy atom. The minimum atomic E-state index is -0.237. The number of hydrogen-bond acceptors (Lipinski definition) is 4. The highest BCUT2D eigenvalue weighted by molar-refractivity contribution is 5.94. The molecule has 0 bridgehead atoms. The summed E-state index contributed by atoms with van der Waals surface area (Å²) < 4.78 is 18.9. The molecule has 0 spiro atoms. The number of para-hydroxylation sites is 2. The number of anilines is 1. The summed E-state index contributed by atoms with van der Waals surface area (Å²) in [6.45, 7) is 2.41. The standard InChI is InChI=1S/C26H26FN3O2/c27-22-13-11-20(12-14-22)6-4-16-30-17-5-7-21(19-30)26(31)29-24-9-1-2-10-25(24)32-23-8-3-15-28-18-23/h1-4,6,8-15,18,21H,5,7,16-17,19H2,(H,29,31)/b6-4+/t21-/m0/s1. The van der Waals surface area contributed by atoms with Crippen molar-refractivity contribution in [2.75, 3.05) is 25.0 Å². The average Bonchev–Trinajstić information content (AvgIpc) is 2.82. The Labute approximate surface area is 187 Å². The van der Waals surface area contributed by atoms with Gasteiger partial charge in [0.1, 0.15) is 11.6 Å². The minimum absolute atomic E-state index is 0.000508. The maximum absolute atomic E-state index is 13.0. The number of piperidine rings is 1. The predicted octanol–water partition coefficient (Wildman–Crippen LogP) is 5.38. The van der Waals surface area contributed by atoms with Crippen molar-refractivity contribution in [2.45, 2.75) is 12.8 Å². The van der Waals surface area contributed by atoms with Crippen LogP contribution in [0.4, 0.5) is 10.1 Å². The molecule has 164 valence electrons. The highest BCUT2D eigenvalue weighted by Gasteiger charge is 2.26. The van der Waals surface area contributed by atoms with Gasteiger partial charge in [0.15, 0.2) is 5.75 Å². The number of nitrogens with zero attached hydrogens (tertiary/aromatic N) is 2. The van der Waals surface area contributed by atoms with Crippen LogP contribution in [-0.4, -0.2) is 35.4 Å². The lowest BCUT2D eigenvalue weighted by Gasteiger charge is -2.31. The first-order valence-electron chi connectivity index (χ1n) is 10.8. The summed E-state index contributed by atoms with van der Waals surface area (Å²) in [6.07, 6.45) is 9.19. The van der Waals surface area contributed by atoms with Crippen LogP contribution in [0.25, 0.3) is 6.08 Å². The van der Waals surface area contributed by atoms with Crippen molar-refractivity contribution in [1.82, 2.24) is 9.88 Å². The summed E-state index contributed by atoms with van der Waals surface area (Å²) in [4.78, 5) is 19.3. The highest BCUT2D eigenvalue weighted by Crippen LogP contribution is 2.30. The van der Waals surface area contributed by atoms with Crippen molar-refractivity contribution in [3.63, 3.8) is 0 Å². The Morgan fingerprint density at radius 2 is 2.00 bits per heavy atom. The first-order chi connectivity index (χ1) is 15.7. The van der Waals surface area contributed by atoms with Gasteiger partial charge in [0.05, 0.1) is 17.8 Å². The van der Waals surface area contributed by atoms with E-state index < -0.39 is 0 Å². The van der Waals surface area contributed by atoms with Crippen LogP contribution in [0.2, 0.25) is 0 Å². The molecule has 3 aromatic rings. The Balaban J connectivity index is 1.34. The van der Waals surface area contributed by atoms with Crippen molar-refractivity contribution in [3.8, 4) is 11.5 Å². The van der Waals surface area contributed by atoms with E-state index in [4.69, 9.17) is 4.74 Å². The molecule has 2 aromatic carbocycles. The molecule has 1 atom stereocenters. The number of carbonyl (C=O) groups excluding carboxylic acids is 1. The number of nitrogens with one attached hydrogen (secondary N) is 1. The predicted molar refractivity (Wildman–Crippen MR) is 124 cm³/mol. The van der Waals surface area contributed by atoms with Gasteiger partial charge < -0.3 is 10.1 Å². The fourth-order valence-electron chi connectivity index (χ4n) is 3.78. The first kappa shape index (κ1) is 21.7. The second-order valence-corrected chi connectivity index (χ2v) is 7.83. The molecular formula is C26H26FN3O2. The first-order valence-corrected chi connectivity index (χ1v) is 10.8. The van der Waals surface area contributed by atoms with Crippen LogP contribution < -0.4 is 10.1 Å². The third kappa shape index (κ3) is 6.02. The van der Waals surface area contributed by atoms with E-state index in [2.05, 4.69) is 21.3 Å². The minimum Gasteiger partial charge on any atom is -0.454 e. The Bertz CT molecular complexity index is 1050. The van der Waals surface area contributed by atoms with Gasteiger partial charge in [0.25, 0.3) is 0 Å². The summed E-state index contributed by atoms with van der Waals surface area (Å²) in [5.74, 6) is 0.878. The van der Waals surface area contributed by atoms with E-state index in [0.717, 1.165) is 31.5 Å². The van der Waals surface area contributed by atoms with E-state index in [9.17, 15) is 9.18 Å². The largest absolute Gasteiger partial charge is 0.454 e. The van der Waals surface area contributed by atoms with Crippen LogP contribution in [0, 0.1) is 11.7 Å². The number of hydrogen-bond donors (Lipinski definition) is 1. The smallest absolute Gasteiger partial charge is 0.228 e. The van der Waals surface area contributed by atoms with Gasteiger partial charge in [0.2, 0.25) is 5.91 Å². The zero-order valence-electron chi connectivity index (χ0n) is 17.8. The van der Waals surface area contributed by atoms with Crippen molar-refractivity contribution in [3.05, 3.63) is 90.5 Å². The lowest BCUT2D eigenvalue weighted by Crippen LogP contribution is -2.40. The van der Waals surface area contributed by atoms with Crippen LogP contribution in [0.5, 0.6) is 11.5 Å². The third-order valence-electron chi connectivity index (χ3n) is 5.43. The number of pyridine rings is 1. The second kappa shape index (κ2) is 10.7. The molecule has 1 aromatic heterocycles. The molecule has 1 amide bonds. The highest BCUT2D eigenvalue weighted by atomic mass is 19.1. The van der Waals surface area contributed by atoms with Crippen molar-refractivity contribution >= 4 is 17.7 Å². The van der Waals surface area contributed by atoms with E-state index in [1.54, 1.807) is 30.6 Å². The number of aromatic nitrogens is 1. The number of likely N-dealkylation sites (tertiary alicyclic amines) is 1. The lowest BCUT2D eigenvalue weighted by molar-refractivity contribution is -0.121. The van der Waals surface area contributed by atoms with Crippen LogP contribution >= 0.6 is 0 Å². The van der Waals surface area contributed by atoms with Gasteiger partial charge in [-0.25, -0.2) is 4.39 Å². The van der Waals surface area contributed by atoms with Crippen LogP contribution in [0.15, 0.2) is 79.1 Å². The molecule has 0 unspecified atom stereocenters. The molecule has 1 N–H and O–H groups in total. The van der Waals surface area contributed by atoms with Gasteiger partial charge in [-0.2, -0.15) is 0 Å². The molecule has 5 nitrogen and oxygen atoms in total. The number of carbonyl (C=O) groups is 1. The third-order valence-corrected chi connectivity index (χ3v) is 5.43. The molecule has 0 aliphatic carbocycles. The molecule has 2 heterocycles. The zero-order chi connectivity index (χ0) is 22.2. The molecule has 0 saturated carbocycles. The second-order valence-electron chi connectivity index (χ2n) is 7.83. The van der Waals surface area contributed by atoms with Gasteiger partial charge in [-0.15, -0.1) is 0 Å². The van der Waals surface area contributed by atoms with Crippen LogP contribution in [0.1, 0.15) is 18.4 Å². The summed E-state index contributed by atoms with van der Waals surface area (Å²) in [7, 11) is 0. The normalized spacial score (nSPS) is 16.7. The average molecular weight is 432 g/mol. The summed E-state index contributed by atoms with van der Waals surface area (Å²) >= 11 is 0. The zero-order valence-corrected chi connectivity index (χ0v) is 17.8. The van der Waals surface area contributed by atoms with Crippen LogP contribution in [0.3, 0.4) is 0 Å². The quantitative estimate of drug-likeness (QED) is 0.546. The lowest BCUT2D eigenvalue weighted by atomic mass is 9.97. The summed E-state index contributed by atoms with van der Waals surface area (Å²) in [5, 5.41) is 3.04. The fourth-order valence-corrected chi connectivity index (χ4v) is 3.78. The molecular weight excluding hydrogens is 405 g/mol. The summed E-state index contributed by atoms with van der Waals surface area (Å²) in [6, 6.07) is 17.5. The maximum atomic E-state index is 13.0. The van der Waals surface area contributed by atoms with Gasteiger partial charge in [0, 0.05) is 19.3 Å². The van der Waals surface area contributed by atoms with Gasteiger partial charge in [-0.3, -0.25) is 14.7 Å². The number of rotatable bonds is 7. The van der Waals surface area contributed by atoms with Gasteiger partial charge in [-0.05, 0) is 61.3 Å². The molecule has 1 fully saturated rings. The SMILES string of the molecule is O=C(Nc1ccccc1Oc1cccnc1)[C@H]1CCCN(C/C=C/c2ccc(F)cc2)C1. The van der Waals surface area contributed by atoms with Gasteiger partial charge in [-0.1, -0.05) is 36.4 Å². The van der Waals surface area contributed by atoms with E-state index >= 15 is 0 Å². The molecule has 6 heteroatoms. The Kier molecular flexibility index (Phi) is 7.25. The Hall–Kier alpha value is -3.51. The number of halogens is 1. The topological polar surface area (TPSA) is 54.5 Å². The summed E-state index contributed by atoms with van der Waals surface area (Å²) in [5.41, 5.74) is 1.61. The molecule has 32 heavy (non-hydrogen) atoms. The van der Waals surface area contributed by atoms with Crippen molar-refractivity contribution in [1.29, 1.82) is 0 Å². The Morgan fingerprint density at radius 1 is 1.16 bits per heavy atom. The van der Waals surface area contributed by atoms with Crippen molar-refractivity contribution < 1.29 is 13.9 Å². The fraction of sp³-hybridized carbons (Fsp3) is 0.231. The van der Waals surface area contributed by atoms with E-state index in [1.165, 1.54) is 12.1 Å². The molecule has 1 saturated heterocycles. The molecule has 0 radical (unpaired) electrons. The number of amides is 1. The van der Waals surface area contributed by atoms with Crippen molar-refractivity contribution in [2.24, 2.45) is 5.92 Å². The van der Waals surface area contributed by atoms with E-state index in [0.29, 0.717) is 23.7 Å². The van der Waals surface area contributed by atoms with E-state index in [1.807, 2.05) is 36.4 Å². The maximum Gasteiger partial charge on any atom is 0.228 e.